The topological polar surface area (TPSA) is 33.2 Å². The molecule has 1 amide bonds. The molecule has 1 aliphatic rings. The van der Waals surface area contributed by atoms with Crippen molar-refractivity contribution >= 4 is 17.2 Å². The number of carbonyl (C=O) groups excluding carboxylic acids is 1. The van der Waals surface area contributed by atoms with E-state index in [-0.39, 0.29) is 5.91 Å². The maximum absolute atomic E-state index is 13.0. The van der Waals surface area contributed by atoms with Crippen molar-refractivity contribution in [2.24, 2.45) is 0 Å². The first-order valence-corrected chi connectivity index (χ1v) is 9.61. The number of likely N-dealkylation sites (tertiary alicyclic amines) is 1. The minimum absolute atomic E-state index is 0.162. The molecule has 1 aromatic heterocycles. The average Bonchev–Trinajstić information content (AvgIpc) is 2.97. The van der Waals surface area contributed by atoms with Gasteiger partial charge >= 0.3 is 0 Å². The maximum atomic E-state index is 13.0. The molecule has 0 N–H and O–H groups in total. The van der Waals surface area contributed by atoms with Gasteiger partial charge in [0, 0.05) is 24.9 Å². The minimum atomic E-state index is 0.162. The average molecular weight is 343 g/mol. The highest BCUT2D eigenvalue weighted by Crippen LogP contribution is 2.31. The molecule has 2 aromatic rings. The van der Waals surface area contributed by atoms with Crippen LogP contribution in [0.1, 0.15) is 70.0 Å². The van der Waals surface area contributed by atoms with Crippen LogP contribution >= 0.6 is 11.3 Å². The summed E-state index contributed by atoms with van der Waals surface area (Å²) >= 11 is 1.57. The Morgan fingerprint density at radius 3 is 2.71 bits per heavy atom. The molecule has 128 valence electrons. The number of hydrogen-bond acceptors (Lipinski definition) is 3. The van der Waals surface area contributed by atoms with E-state index in [0.717, 1.165) is 41.5 Å². The normalized spacial score (nSPS) is 18.2. The van der Waals surface area contributed by atoms with Gasteiger partial charge in [-0.25, -0.2) is 4.98 Å². The molecule has 0 spiro atoms. The summed E-state index contributed by atoms with van der Waals surface area (Å²) in [4.78, 5) is 20.5. The first-order valence-electron chi connectivity index (χ1n) is 8.79. The molecule has 0 saturated carbocycles. The van der Waals surface area contributed by atoms with Crippen molar-refractivity contribution in [2.75, 3.05) is 13.1 Å². The summed E-state index contributed by atoms with van der Waals surface area (Å²) < 4.78 is 0. The van der Waals surface area contributed by atoms with Crippen molar-refractivity contribution in [3.63, 3.8) is 0 Å². The van der Waals surface area contributed by atoms with Crippen LogP contribution in [0.25, 0.3) is 0 Å². The van der Waals surface area contributed by atoms with E-state index in [1.165, 1.54) is 11.1 Å². The summed E-state index contributed by atoms with van der Waals surface area (Å²) in [6.45, 7) is 10.0. The highest BCUT2D eigenvalue weighted by molar-refractivity contribution is 7.13. The van der Waals surface area contributed by atoms with Gasteiger partial charge in [0.15, 0.2) is 0 Å². The number of aromatic nitrogens is 1. The van der Waals surface area contributed by atoms with Crippen LogP contribution in [0.4, 0.5) is 0 Å². The van der Waals surface area contributed by atoms with E-state index in [2.05, 4.69) is 50.0 Å². The third-order valence-electron chi connectivity index (χ3n) is 4.84. The van der Waals surface area contributed by atoms with Gasteiger partial charge in [0.05, 0.1) is 10.7 Å². The van der Waals surface area contributed by atoms with Crippen LogP contribution < -0.4 is 0 Å². The molecule has 3 rings (SSSR count). The van der Waals surface area contributed by atoms with Gasteiger partial charge in [-0.05, 0) is 37.8 Å². The molecule has 3 nitrogen and oxygen atoms in total. The lowest BCUT2D eigenvalue weighted by Gasteiger charge is -2.33. The fraction of sp³-hybridized carbons (Fsp3) is 0.500. The monoisotopic (exact) mass is 342 g/mol. The van der Waals surface area contributed by atoms with Crippen molar-refractivity contribution in [1.82, 2.24) is 9.88 Å². The van der Waals surface area contributed by atoms with Gasteiger partial charge in [0.2, 0.25) is 0 Å². The summed E-state index contributed by atoms with van der Waals surface area (Å²) in [5, 5.41) is 1.06. The van der Waals surface area contributed by atoms with Crippen LogP contribution in [0.5, 0.6) is 0 Å². The Bertz CT molecular complexity index is 735. The Kier molecular flexibility index (Phi) is 5.04. The summed E-state index contributed by atoms with van der Waals surface area (Å²) in [6.07, 6.45) is 2.23. The van der Waals surface area contributed by atoms with Gasteiger partial charge in [-0.2, -0.15) is 0 Å². The third kappa shape index (κ3) is 3.39. The lowest BCUT2D eigenvalue weighted by molar-refractivity contribution is 0.0711. The zero-order valence-corrected chi connectivity index (χ0v) is 15.8. The van der Waals surface area contributed by atoms with Crippen molar-refractivity contribution in [1.29, 1.82) is 0 Å². The van der Waals surface area contributed by atoms with Crippen LogP contribution in [-0.2, 0) is 0 Å². The Hall–Kier alpha value is -1.68. The summed E-state index contributed by atoms with van der Waals surface area (Å²) in [5.74, 6) is 0.980. The SMILES string of the molecule is Cc1ccccc1C1CCCN(C(=O)c2sc(C(C)C)nc2C)C1. The lowest BCUT2D eigenvalue weighted by Crippen LogP contribution is -2.39. The number of aryl methyl sites for hydroxylation is 2. The molecule has 4 heteroatoms. The van der Waals surface area contributed by atoms with E-state index in [9.17, 15) is 4.79 Å². The first kappa shape index (κ1) is 17.2. The summed E-state index contributed by atoms with van der Waals surface area (Å²) in [7, 11) is 0. The number of thiazole rings is 1. The first-order chi connectivity index (χ1) is 11.5. The van der Waals surface area contributed by atoms with Gasteiger partial charge in [0.1, 0.15) is 4.88 Å². The zero-order chi connectivity index (χ0) is 17.3. The second-order valence-electron chi connectivity index (χ2n) is 7.07. The summed E-state index contributed by atoms with van der Waals surface area (Å²) in [5.41, 5.74) is 3.60. The van der Waals surface area contributed by atoms with Crippen molar-refractivity contribution in [3.8, 4) is 0 Å². The number of hydrogen-bond donors (Lipinski definition) is 0. The molecule has 1 aliphatic heterocycles. The van der Waals surface area contributed by atoms with Crippen LogP contribution in [-0.4, -0.2) is 28.9 Å². The van der Waals surface area contributed by atoms with Crippen LogP contribution in [0.2, 0.25) is 0 Å². The fourth-order valence-corrected chi connectivity index (χ4v) is 4.50. The molecular weight excluding hydrogens is 316 g/mol. The molecule has 1 atom stereocenters. The number of rotatable bonds is 3. The van der Waals surface area contributed by atoms with Gasteiger partial charge < -0.3 is 4.90 Å². The number of nitrogens with zero attached hydrogens (tertiary/aromatic N) is 2. The second kappa shape index (κ2) is 7.06. The largest absolute Gasteiger partial charge is 0.337 e. The number of benzene rings is 1. The number of carbonyl (C=O) groups is 1. The van der Waals surface area contributed by atoms with Crippen LogP contribution in [0.3, 0.4) is 0 Å². The molecule has 1 aromatic carbocycles. The molecule has 1 fully saturated rings. The maximum Gasteiger partial charge on any atom is 0.265 e. The molecular formula is C20H26N2OS. The molecule has 2 heterocycles. The third-order valence-corrected chi connectivity index (χ3v) is 6.28. The molecule has 1 unspecified atom stereocenters. The summed E-state index contributed by atoms with van der Waals surface area (Å²) in [6, 6.07) is 8.56. The molecule has 1 saturated heterocycles. The highest BCUT2D eigenvalue weighted by Gasteiger charge is 2.28. The van der Waals surface area contributed by atoms with Crippen LogP contribution in [0, 0.1) is 13.8 Å². The van der Waals surface area contributed by atoms with E-state index >= 15 is 0 Å². The minimum Gasteiger partial charge on any atom is -0.337 e. The smallest absolute Gasteiger partial charge is 0.265 e. The van der Waals surface area contributed by atoms with Crippen molar-refractivity contribution < 1.29 is 4.79 Å². The van der Waals surface area contributed by atoms with Gasteiger partial charge in [-0.15, -0.1) is 11.3 Å². The Morgan fingerprint density at radius 2 is 2.04 bits per heavy atom. The van der Waals surface area contributed by atoms with E-state index in [1.54, 1.807) is 11.3 Å². The zero-order valence-electron chi connectivity index (χ0n) is 15.0. The highest BCUT2D eigenvalue weighted by atomic mass is 32.1. The standard InChI is InChI=1S/C20H26N2OS/c1-13(2)19-21-15(4)18(24-19)20(23)22-11-7-9-16(12-22)17-10-6-5-8-14(17)3/h5-6,8,10,13,16H,7,9,11-12H2,1-4H3. The molecule has 0 radical (unpaired) electrons. The Morgan fingerprint density at radius 1 is 1.29 bits per heavy atom. The van der Waals surface area contributed by atoms with E-state index in [0.29, 0.717) is 11.8 Å². The fourth-order valence-electron chi connectivity index (χ4n) is 3.47. The Labute approximate surface area is 148 Å². The molecule has 24 heavy (non-hydrogen) atoms. The quantitative estimate of drug-likeness (QED) is 0.794. The van der Waals surface area contributed by atoms with Gasteiger partial charge in [-0.1, -0.05) is 38.1 Å². The predicted molar refractivity (Wildman–Crippen MR) is 100.0 cm³/mol. The van der Waals surface area contributed by atoms with Crippen molar-refractivity contribution in [2.45, 2.75) is 52.4 Å². The van der Waals surface area contributed by atoms with Gasteiger partial charge in [-0.3, -0.25) is 4.79 Å². The van der Waals surface area contributed by atoms with E-state index < -0.39 is 0 Å². The van der Waals surface area contributed by atoms with E-state index in [4.69, 9.17) is 0 Å². The van der Waals surface area contributed by atoms with Crippen LogP contribution in [0.15, 0.2) is 24.3 Å². The second-order valence-corrected chi connectivity index (χ2v) is 8.10. The number of piperidine rings is 1. The van der Waals surface area contributed by atoms with E-state index in [1.807, 2.05) is 11.8 Å². The lowest BCUT2D eigenvalue weighted by atomic mass is 9.88. The predicted octanol–water partition coefficient (Wildman–Crippen LogP) is 4.90. The van der Waals surface area contributed by atoms with Crippen molar-refractivity contribution in [3.05, 3.63) is 51.0 Å². The number of amides is 1. The Balaban J connectivity index is 1.80. The van der Waals surface area contributed by atoms with Gasteiger partial charge in [0.25, 0.3) is 5.91 Å². The molecule has 0 bridgehead atoms. The molecule has 0 aliphatic carbocycles.